The summed E-state index contributed by atoms with van der Waals surface area (Å²) in [6, 6.07) is 0. The maximum absolute atomic E-state index is 5.67. The standard InChI is InChI=1S/C6H8ClN2.C3H7.U/c1-3-9-5(2)6(7)4-8-9;1-3-2;/h3H2,1-2H3;3H,1-2H3;/q2*-1;+2. The number of nitrogens with zero attached hydrogens (tertiary/aromatic N) is 2. The summed E-state index contributed by atoms with van der Waals surface area (Å²) in [6.45, 7) is 8.80. The van der Waals surface area contributed by atoms with Crippen LogP contribution in [0.3, 0.4) is 0 Å². The molecule has 0 atom stereocenters. The minimum Gasteiger partial charge on any atom is -0.365 e. The van der Waals surface area contributed by atoms with Crippen molar-refractivity contribution < 1.29 is 31.1 Å². The molecule has 0 saturated carbocycles. The molecule has 0 aromatic carbocycles. The van der Waals surface area contributed by atoms with E-state index in [1.807, 2.05) is 38.8 Å². The first-order valence-electron chi connectivity index (χ1n) is 4.01. The second-order valence-corrected chi connectivity index (χ2v) is 2.78. The monoisotopic (exact) mass is 424 g/mol. The molecule has 13 heavy (non-hydrogen) atoms. The third-order valence-corrected chi connectivity index (χ3v) is 1.63. The summed E-state index contributed by atoms with van der Waals surface area (Å²) >= 11 is 5.67. The van der Waals surface area contributed by atoms with Crippen LogP contribution in [0, 0.1) is 50.7 Å². The Hall–Kier alpha value is 0.552. The average molecular weight is 425 g/mol. The molecule has 0 N–H and O–H groups in total. The molecular weight excluding hydrogens is 410 g/mol. The minimum atomic E-state index is 0. The molecular formula is C9H15ClN2U. The molecule has 1 heterocycles. The van der Waals surface area contributed by atoms with Crippen molar-refractivity contribution in [2.45, 2.75) is 34.2 Å². The van der Waals surface area contributed by atoms with Crippen LogP contribution in [0.4, 0.5) is 0 Å². The second-order valence-electron chi connectivity index (χ2n) is 2.40. The first-order valence-corrected chi connectivity index (χ1v) is 4.39. The summed E-state index contributed by atoms with van der Waals surface area (Å²) in [5.41, 5.74) is 0.985. The maximum Gasteiger partial charge on any atom is 2.00 e. The Bertz CT molecular complexity index is 223. The van der Waals surface area contributed by atoms with Crippen LogP contribution in [0.5, 0.6) is 0 Å². The summed E-state index contributed by atoms with van der Waals surface area (Å²) in [6.07, 6.45) is 4.67. The fourth-order valence-electron chi connectivity index (χ4n) is 0.681. The van der Waals surface area contributed by atoms with E-state index in [0.29, 0.717) is 5.02 Å². The maximum atomic E-state index is 5.67. The molecule has 0 fully saturated rings. The third kappa shape index (κ3) is 5.78. The topological polar surface area (TPSA) is 17.8 Å². The third-order valence-electron chi connectivity index (χ3n) is 1.27. The van der Waals surface area contributed by atoms with Crippen LogP contribution in [0.25, 0.3) is 0 Å². The Morgan fingerprint density at radius 3 is 2.15 bits per heavy atom. The van der Waals surface area contributed by atoms with Crippen molar-refractivity contribution >= 4 is 11.6 Å². The Labute approximate surface area is 109 Å². The van der Waals surface area contributed by atoms with Crippen LogP contribution in [0.1, 0.15) is 26.5 Å². The number of rotatable bonds is 1. The molecule has 1 aromatic rings. The van der Waals surface area contributed by atoms with Gasteiger partial charge in [-0.1, -0.05) is 17.6 Å². The smallest absolute Gasteiger partial charge is 0.365 e. The molecule has 0 unspecified atom stereocenters. The minimum absolute atomic E-state index is 0. The summed E-state index contributed by atoms with van der Waals surface area (Å²) in [7, 11) is 0. The van der Waals surface area contributed by atoms with E-state index in [0.717, 1.165) is 12.2 Å². The van der Waals surface area contributed by atoms with E-state index in [1.165, 1.54) is 0 Å². The molecule has 1 rings (SSSR count). The first kappa shape index (κ1) is 16.0. The van der Waals surface area contributed by atoms with E-state index in [4.69, 9.17) is 11.6 Å². The molecule has 1 aromatic heterocycles. The van der Waals surface area contributed by atoms with E-state index in [2.05, 4.69) is 11.3 Å². The van der Waals surface area contributed by atoms with Gasteiger partial charge in [-0.2, -0.15) is 13.8 Å². The van der Waals surface area contributed by atoms with Crippen molar-refractivity contribution in [3.8, 4) is 0 Å². The molecule has 0 amide bonds. The zero-order chi connectivity index (χ0) is 9.56. The van der Waals surface area contributed by atoms with Crippen LogP contribution in [-0.2, 0) is 6.54 Å². The van der Waals surface area contributed by atoms with Crippen LogP contribution < -0.4 is 0 Å². The number of hydrogen-bond acceptors (Lipinski definition) is 1. The van der Waals surface area contributed by atoms with Gasteiger partial charge in [0.05, 0.1) is 0 Å². The molecule has 2 nitrogen and oxygen atoms in total. The normalized spacial score (nSPS) is 8.38. The van der Waals surface area contributed by atoms with E-state index < -0.39 is 0 Å². The molecule has 0 aliphatic rings. The van der Waals surface area contributed by atoms with Gasteiger partial charge in [0, 0.05) is 6.54 Å². The molecule has 0 spiro atoms. The Balaban J connectivity index is 0. The fourth-order valence-corrected chi connectivity index (χ4v) is 0.817. The fraction of sp³-hybridized carbons (Fsp3) is 0.556. The van der Waals surface area contributed by atoms with Gasteiger partial charge in [-0.15, -0.1) is 17.8 Å². The van der Waals surface area contributed by atoms with E-state index in [1.54, 1.807) is 0 Å². The number of aromatic nitrogens is 2. The zero-order valence-corrected chi connectivity index (χ0v) is 13.5. The van der Waals surface area contributed by atoms with Crippen molar-refractivity contribution in [2.24, 2.45) is 0 Å². The van der Waals surface area contributed by atoms with Gasteiger partial charge >= 0.3 is 31.1 Å². The number of hydrogen-bond donors (Lipinski definition) is 0. The molecule has 0 aliphatic carbocycles. The van der Waals surface area contributed by atoms with Gasteiger partial charge in [0.2, 0.25) is 0 Å². The first-order chi connectivity index (χ1) is 5.67. The zero-order valence-electron chi connectivity index (χ0n) is 8.56. The molecule has 4 heteroatoms. The largest absolute Gasteiger partial charge is 2.00 e. The summed E-state index contributed by atoms with van der Waals surface area (Å²) < 4.78 is 1.81. The SMILES string of the molecule is CCn1n[c-]c(Cl)c1C.C[CH-]C.[U+2]. The van der Waals surface area contributed by atoms with Gasteiger partial charge in [-0.3, -0.25) is 0 Å². The molecule has 0 aliphatic heterocycles. The van der Waals surface area contributed by atoms with Gasteiger partial charge in [0.25, 0.3) is 0 Å². The second kappa shape index (κ2) is 9.12. The van der Waals surface area contributed by atoms with Crippen LogP contribution in [0.15, 0.2) is 0 Å². The van der Waals surface area contributed by atoms with Gasteiger partial charge in [-0.25, -0.2) is 0 Å². The Kier molecular flexibility index (Phi) is 11.2. The van der Waals surface area contributed by atoms with Crippen LogP contribution >= 0.6 is 11.6 Å². The predicted octanol–water partition coefficient (Wildman–Crippen LogP) is 2.90. The van der Waals surface area contributed by atoms with Crippen molar-refractivity contribution in [1.82, 2.24) is 9.78 Å². The van der Waals surface area contributed by atoms with Gasteiger partial charge in [-0.05, 0) is 6.92 Å². The van der Waals surface area contributed by atoms with Gasteiger partial charge < -0.3 is 16.2 Å². The molecule has 0 saturated heterocycles. The van der Waals surface area contributed by atoms with Crippen LogP contribution in [0.2, 0.25) is 5.02 Å². The van der Waals surface area contributed by atoms with Crippen LogP contribution in [-0.4, -0.2) is 9.78 Å². The van der Waals surface area contributed by atoms with Crippen molar-refractivity contribution in [3.05, 3.63) is 23.3 Å². The van der Waals surface area contributed by atoms with Crippen molar-refractivity contribution in [2.75, 3.05) is 0 Å². The van der Waals surface area contributed by atoms with Crippen molar-refractivity contribution in [1.29, 1.82) is 0 Å². The Morgan fingerprint density at radius 2 is 2.00 bits per heavy atom. The van der Waals surface area contributed by atoms with E-state index in [9.17, 15) is 0 Å². The Morgan fingerprint density at radius 1 is 1.54 bits per heavy atom. The number of aryl methyl sites for hydroxylation is 1. The van der Waals surface area contributed by atoms with Gasteiger partial charge in [0.1, 0.15) is 0 Å². The molecule has 0 radical (unpaired) electrons. The molecule has 0 bridgehead atoms. The predicted molar refractivity (Wildman–Crippen MR) is 52.1 cm³/mol. The van der Waals surface area contributed by atoms with E-state index in [-0.39, 0.29) is 31.1 Å². The van der Waals surface area contributed by atoms with E-state index >= 15 is 0 Å². The summed E-state index contributed by atoms with van der Waals surface area (Å²) in [4.78, 5) is 0. The summed E-state index contributed by atoms with van der Waals surface area (Å²) in [5.74, 6) is 0. The number of halogens is 1. The van der Waals surface area contributed by atoms with Gasteiger partial charge in [0.15, 0.2) is 0 Å². The quantitative estimate of drug-likeness (QED) is 0.634. The van der Waals surface area contributed by atoms with Crippen molar-refractivity contribution in [3.63, 3.8) is 0 Å². The molecule has 72 valence electrons. The summed E-state index contributed by atoms with van der Waals surface area (Å²) in [5, 5.41) is 4.52. The average Bonchev–Trinajstić information content (AvgIpc) is 2.35.